The standard InChI is InChI=1S/C22H29N3O3/c1-4-24(3)18-6-5-7-20(18)28-16-9-10-17-15(12-16)13-25(22(17)27)19-11-8-14(2)23-21(19)26/h9-10,12,18-20H,2,4-8,11,13H2,1,3H3,(H,23,26)/t18-,19?,20-/m1/s1. The van der Waals surface area contributed by atoms with Gasteiger partial charge in [0, 0.05) is 23.8 Å². The summed E-state index contributed by atoms with van der Waals surface area (Å²) in [6.45, 7) is 7.45. The second kappa shape index (κ2) is 7.59. The van der Waals surface area contributed by atoms with E-state index < -0.39 is 6.04 Å². The number of allylic oxidation sites excluding steroid dienone is 1. The maximum absolute atomic E-state index is 12.8. The summed E-state index contributed by atoms with van der Waals surface area (Å²) in [5, 5.41) is 2.78. The fraction of sp³-hybridized carbons (Fsp3) is 0.545. The number of nitrogens with zero attached hydrogens (tertiary/aromatic N) is 2. The van der Waals surface area contributed by atoms with Crippen molar-refractivity contribution in [3.05, 3.63) is 41.6 Å². The predicted molar refractivity (Wildman–Crippen MR) is 107 cm³/mol. The third-order valence-electron chi connectivity index (χ3n) is 6.38. The van der Waals surface area contributed by atoms with E-state index in [0.29, 0.717) is 31.0 Å². The Kier molecular flexibility index (Phi) is 5.15. The SMILES string of the molecule is C=C1CCC(N2Cc3cc(O[C@@H]4CCC[C@H]4N(C)CC)ccc3C2=O)C(=O)N1. The average Bonchev–Trinajstić information content (AvgIpc) is 3.26. The molecule has 2 amide bonds. The zero-order valence-electron chi connectivity index (χ0n) is 16.7. The molecule has 4 rings (SSSR count). The van der Waals surface area contributed by atoms with E-state index in [2.05, 4.69) is 30.8 Å². The fourth-order valence-corrected chi connectivity index (χ4v) is 4.66. The first-order valence-corrected chi connectivity index (χ1v) is 10.3. The highest BCUT2D eigenvalue weighted by Crippen LogP contribution is 2.33. The Labute approximate surface area is 166 Å². The lowest BCUT2D eigenvalue weighted by Gasteiger charge is -2.30. The molecular formula is C22H29N3O3. The third kappa shape index (κ3) is 3.41. The van der Waals surface area contributed by atoms with Crippen LogP contribution in [0.4, 0.5) is 0 Å². The lowest BCUT2D eigenvalue weighted by molar-refractivity contribution is -0.126. The zero-order chi connectivity index (χ0) is 19.8. The highest BCUT2D eigenvalue weighted by atomic mass is 16.5. The summed E-state index contributed by atoms with van der Waals surface area (Å²) < 4.78 is 6.32. The number of carbonyl (C=O) groups is 2. The van der Waals surface area contributed by atoms with Gasteiger partial charge in [-0.25, -0.2) is 0 Å². The maximum Gasteiger partial charge on any atom is 0.255 e. The summed E-state index contributed by atoms with van der Waals surface area (Å²) >= 11 is 0. The molecule has 3 atom stereocenters. The summed E-state index contributed by atoms with van der Waals surface area (Å²) in [6.07, 6.45) is 4.92. The zero-order valence-corrected chi connectivity index (χ0v) is 16.7. The molecule has 3 aliphatic rings. The van der Waals surface area contributed by atoms with Gasteiger partial charge in [-0.3, -0.25) is 9.59 Å². The van der Waals surface area contributed by atoms with Gasteiger partial charge in [0.25, 0.3) is 5.91 Å². The molecule has 0 radical (unpaired) electrons. The Balaban J connectivity index is 1.48. The van der Waals surface area contributed by atoms with Gasteiger partial charge < -0.3 is 19.9 Å². The minimum Gasteiger partial charge on any atom is -0.489 e. The van der Waals surface area contributed by atoms with Crippen molar-refractivity contribution in [3.63, 3.8) is 0 Å². The number of piperidine rings is 1. The van der Waals surface area contributed by atoms with Gasteiger partial charge in [-0.05, 0) is 69.5 Å². The van der Waals surface area contributed by atoms with Gasteiger partial charge in [0.05, 0.1) is 0 Å². The number of likely N-dealkylation sites (N-methyl/N-ethyl adjacent to an activating group) is 1. The Hall–Kier alpha value is -2.34. The Morgan fingerprint density at radius 2 is 2.11 bits per heavy atom. The Bertz CT molecular complexity index is 806. The summed E-state index contributed by atoms with van der Waals surface area (Å²) in [4.78, 5) is 29.2. The van der Waals surface area contributed by atoms with Crippen molar-refractivity contribution in [1.29, 1.82) is 0 Å². The molecule has 0 bridgehead atoms. The van der Waals surface area contributed by atoms with Crippen LogP contribution in [0, 0.1) is 0 Å². The van der Waals surface area contributed by atoms with Crippen LogP contribution in [-0.4, -0.2) is 53.4 Å². The van der Waals surface area contributed by atoms with Gasteiger partial charge in [-0.2, -0.15) is 0 Å². The minimum atomic E-state index is -0.424. The largest absolute Gasteiger partial charge is 0.489 e. The van der Waals surface area contributed by atoms with Crippen LogP contribution in [0.1, 0.15) is 54.9 Å². The van der Waals surface area contributed by atoms with Gasteiger partial charge in [0.1, 0.15) is 17.9 Å². The molecule has 1 aromatic carbocycles. The number of ether oxygens (including phenoxy) is 1. The summed E-state index contributed by atoms with van der Waals surface area (Å²) in [7, 11) is 2.15. The smallest absolute Gasteiger partial charge is 0.255 e. The van der Waals surface area contributed by atoms with Crippen LogP contribution >= 0.6 is 0 Å². The van der Waals surface area contributed by atoms with Crippen LogP contribution in [0.3, 0.4) is 0 Å². The van der Waals surface area contributed by atoms with E-state index in [-0.39, 0.29) is 17.9 Å². The first kappa shape index (κ1) is 19.0. The van der Waals surface area contributed by atoms with Crippen molar-refractivity contribution in [2.24, 2.45) is 0 Å². The fourth-order valence-electron chi connectivity index (χ4n) is 4.66. The monoisotopic (exact) mass is 383 g/mol. The van der Waals surface area contributed by atoms with Gasteiger partial charge in [0.2, 0.25) is 5.91 Å². The highest BCUT2D eigenvalue weighted by molar-refractivity contribution is 6.01. The Morgan fingerprint density at radius 1 is 1.29 bits per heavy atom. The number of benzene rings is 1. The molecular weight excluding hydrogens is 354 g/mol. The van der Waals surface area contributed by atoms with Crippen molar-refractivity contribution in [2.45, 2.75) is 63.8 Å². The quantitative estimate of drug-likeness (QED) is 0.849. The molecule has 6 nitrogen and oxygen atoms in total. The molecule has 1 unspecified atom stereocenters. The van der Waals surface area contributed by atoms with Crippen molar-refractivity contribution >= 4 is 11.8 Å². The van der Waals surface area contributed by atoms with Crippen LogP contribution in [0.15, 0.2) is 30.5 Å². The van der Waals surface area contributed by atoms with Gasteiger partial charge in [0.15, 0.2) is 0 Å². The number of carbonyl (C=O) groups excluding carboxylic acids is 2. The molecule has 28 heavy (non-hydrogen) atoms. The number of hydrogen-bond donors (Lipinski definition) is 1. The molecule has 1 aliphatic carbocycles. The third-order valence-corrected chi connectivity index (χ3v) is 6.38. The number of nitrogens with one attached hydrogen (secondary N) is 1. The number of rotatable bonds is 5. The maximum atomic E-state index is 12.8. The van der Waals surface area contributed by atoms with E-state index in [1.54, 1.807) is 4.90 Å². The van der Waals surface area contributed by atoms with Crippen molar-refractivity contribution in [1.82, 2.24) is 15.1 Å². The van der Waals surface area contributed by atoms with E-state index in [1.807, 2.05) is 18.2 Å². The van der Waals surface area contributed by atoms with Gasteiger partial charge >= 0.3 is 0 Å². The van der Waals surface area contributed by atoms with Crippen LogP contribution < -0.4 is 10.1 Å². The van der Waals surface area contributed by atoms with Crippen LogP contribution in [-0.2, 0) is 11.3 Å². The molecule has 2 aliphatic heterocycles. The molecule has 1 aromatic rings. The predicted octanol–water partition coefficient (Wildman–Crippen LogP) is 2.69. The first-order chi connectivity index (χ1) is 13.5. The second-order valence-corrected chi connectivity index (χ2v) is 8.13. The van der Waals surface area contributed by atoms with Crippen molar-refractivity contribution < 1.29 is 14.3 Å². The summed E-state index contributed by atoms with van der Waals surface area (Å²) in [5.41, 5.74) is 2.35. The molecule has 0 aromatic heterocycles. The molecule has 1 saturated heterocycles. The normalized spacial score (nSPS) is 27.3. The average molecular weight is 383 g/mol. The first-order valence-electron chi connectivity index (χ1n) is 10.3. The molecule has 1 N–H and O–H groups in total. The summed E-state index contributed by atoms with van der Waals surface area (Å²) in [5.74, 6) is 0.611. The molecule has 2 fully saturated rings. The topological polar surface area (TPSA) is 61.9 Å². The van der Waals surface area contributed by atoms with E-state index >= 15 is 0 Å². The number of hydrogen-bond acceptors (Lipinski definition) is 4. The highest BCUT2D eigenvalue weighted by Gasteiger charge is 2.38. The lowest BCUT2D eigenvalue weighted by atomic mass is 10.0. The number of amides is 2. The Morgan fingerprint density at radius 3 is 2.86 bits per heavy atom. The van der Waals surface area contributed by atoms with Crippen LogP contribution in [0.5, 0.6) is 5.75 Å². The van der Waals surface area contributed by atoms with Gasteiger partial charge in [-0.1, -0.05) is 13.5 Å². The second-order valence-electron chi connectivity index (χ2n) is 8.13. The van der Waals surface area contributed by atoms with Crippen molar-refractivity contribution in [3.8, 4) is 5.75 Å². The van der Waals surface area contributed by atoms with E-state index in [0.717, 1.165) is 36.4 Å². The minimum absolute atomic E-state index is 0.0707. The molecule has 6 heteroatoms. The van der Waals surface area contributed by atoms with Crippen molar-refractivity contribution in [2.75, 3.05) is 13.6 Å². The molecule has 150 valence electrons. The van der Waals surface area contributed by atoms with E-state index in [4.69, 9.17) is 4.74 Å². The van der Waals surface area contributed by atoms with E-state index in [9.17, 15) is 9.59 Å². The molecule has 0 spiro atoms. The van der Waals surface area contributed by atoms with Gasteiger partial charge in [-0.15, -0.1) is 0 Å². The van der Waals surface area contributed by atoms with E-state index in [1.165, 1.54) is 6.42 Å². The van der Waals surface area contributed by atoms with Crippen LogP contribution in [0.2, 0.25) is 0 Å². The molecule has 2 heterocycles. The molecule has 1 saturated carbocycles. The van der Waals surface area contributed by atoms with Crippen LogP contribution in [0.25, 0.3) is 0 Å². The summed E-state index contributed by atoms with van der Waals surface area (Å²) in [6, 6.07) is 5.74. The lowest BCUT2D eigenvalue weighted by Crippen LogP contribution is -2.49. The number of fused-ring (bicyclic) bond motifs is 1.